The Morgan fingerprint density at radius 3 is 3.07 bits per heavy atom. The molecule has 0 fully saturated rings. The van der Waals surface area contributed by atoms with Crippen LogP contribution in [0.2, 0.25) is 0 Å². The van der Waals surface area contributed by atoms with Crippen LogP contribution < -0.4 is 5.32 Å². The van der Waals surface area contributed by atoms with Crippen LogP contribution in [0.1, 0.15) is 15.9 Å². The zero-order valence-corrected chi connectivity index (χ0v) is 8.92. The lowest BCUT2D eigenvalue weighted by Crippen LogP contribution is -2.25. The van der Waals surface area contributed by atoms with Gasteiger partial charge < -0.3 is 9.73 Å². The van der Waals surface area contributed by atoms with Gasteiger partial charge >= 0.3 is 0 Å². The van der Waals surface area contributed by atoms with Gasteiger partial charge in [-0.15, -0.1) is 0 Å². The molecule has 0 aliphatic heterocycles. The molecule has 2 rings (SSSR count). The maximum Gasteiger partial charge on any atom is 0.252 e. The summed E-state index contributed by atoms with van der Waals surface area (Å²) in [5.74, 6) is -0.0141. The number of thiophene rings is 1. The molecule has 0 saturated carbocycles. The summed E-state index contributed by atoms with van der Waals surface area (Å²) in [5.41, 5.74) is 1.83. The zero-order valence-electron chi connectivity index (χ0n) is 8.10. The predicted molar refractivity (Wildman–Crippen MR) is 59.1 cm³/mol. The Labute approximate surface area is 91.7 Å². The van der Waals surface area contributed by atoms with Crippen molar-refractivity contribution in [1.82, 2.24) is 5.32 Å². The van der Waals surface area contributed by atoms with E-state index >= 15 is 0 Å². The number of hydrogen-bond acceptors (Lipinski definition) is 3. The standard InChI is InChI=1S/C11H11NO2S/c13-11(10-3-6-15-8-10)12-4-1-9-2-5-14-7-9/h2-3,5-8H,1,4H2,(H,12,13). The number of rotatable bonds is 4. The highest BCUT2D eigenvalue weighted by atomic mass is 32.1. The molecule has 0 saturated heterocycles. The normalized spacial score (nSPS) is 10.1. The van der Waals surface area contributed by atoms with Crippen molar-refractivity contribution < 1.29 is 9.21 Å². The maximum absolute atomic E-state index is 11.5. The lowest BCUT2D eigenvalue weighted by atomic mass is 10.2. The van der Waals surface area contributed by atoms with Crippen LogP contribution in [0.4, 0.5) is 0 Å². The highest BCUT2D eigenvalue weighted by Crippen LogP contribution is 2.05. The molecule has 2 heterocycles. The van der Waals surface area contributed by atoms with E-state index in [1.165, 1.54) is 11.3 Å². The summed E-state index contributed by atoms with van der Waals surface area (Å²) in [5, 5.41) is 6.58. The molecule has 0 atom stereocenters. The Hall–Kier alpha value is -1.55. The number of carbonyl (C=O) groups excluding carboxylic acids is 1. The van der Waals surface area contributed by atoms with Crippen LogP contribution in [-0.2, 0) is 6.42 Å². The number of carbonyl (C=O) groups is 1. The first-order valence-electron chi connectivity index (χ1n) is 4.68. The minimum atomic E-state index is -0.0141. The number of nitrogens with one attached hydrogen (secondary N) is 1. The lowest BCUT2D eigenvalue weighted by Gasteiger charge is -2.01. The molecule has 15 heavy (non-hydrogen) atoms. The molecular weight excluding hydrogens is 210 g/mol. The number of furan rings is 1. The van der Waals surface area contributed by atoms with Crippen molar-refractivity contribution in [3.8, 4) is 0 Å². The molecule has 0 aromatic carbocycles. The van der Waals surface area contributed by atoms with Gasteiger partial charge in [-0.05, 0) is 29.5 Å². The third-order valence-corrected chi connectivity index (χ3v) is 2.75. The van der Waals surface area contributed by atoms with Gasteiger partial charge in [-0.1, -0.05) is 0 Å². The number of amides is 1. The van der Waals surface area contributed by atoms with Gasteiger partial charge in [0.25, 0.3) is 5.91 Å². The van der Waals surface area contributed by atoms with Gasteiger partial charge in [-0.2, -0.15) is 11.3 Å². The molecule has 78 valence electrons. The maximum atomic E-state index is 11.5. The monoisotopic (exact) mass is 221 g/mol. The first-order chi connectivity index (χ1) is 7.36. The van der Waals surface area contributed by atoms with E-state index in [1.807, 2.05) is 22.9 Å². The Kier molecular flexibility index (Phi) is 3.19. The van der Waals surface area contributed by atoms with Crippen molar-refractivity contribution in [2.75, 3.05) is 6.54 Å². The predicted octanol–water partition coefficient (Wildman–Crippen LogP) is 2.31. The van der Waals surface area contributed by atoms with Crippen LogP contribution >= 0.6 is 11.3 Å². The van der Waals surface area contributed by atoms with Crippen molar-refractivity contribution in [1.29, 1.82) is 0 Å². The summed E-state index contributed by atoms with van der Waals surface area (Å²) in [7, 11) is 0. The van der Waals surface area contributed by atoms with Crippen LogP contribution in [0.5, 0.6) is 0 Å². The Balaban J connectivity index is 1.77. The van der Waals surface area contributed by atoms with Gasteiger partial charge in [0.15, 0.2) is 0 Å². The van der Waals surface area contributed by atoms with Crippen molar-refractivity contribution in [3.05, 3.63) is 46.5 Å². The minimum Gasteiger partial charge on any atom is -0.472 e. The van der Waals surface area contributed by atoms with E-state index in [0.717, 1.165) is 17.5 Å². The van der Waals surface area contributed by atoms with E-state index in [4.69, 9.17) is 4.42 Å². The van der Waals surface area contributed by atoms with E-state index in [1.54, 1.807) is 12.5 Å². The first-order valence-corrected chi connectivity index (χ1v) is 5.62. The third-order valence-electron chi connectivity index (χ3n) is 2.06. The van der Waals surface area contributed by atoms with Crippen molar-refractivity contribution >= 4 is 17.2 Å². The van der Waals surface area contributed by atoms with Gasteiger partial charge in [0.2, 0.25) is 0 Å². The molecular formula is C11H11NO2S. The Morgan fingerprint density at radius 2 is 2.40 bits per heavy atom. The smallest absolute Gasteiger partial charge is 0.252 e. The molecule has 3 nitrogen and oxygen atoms in total. The van der Waals surface area contributed by atoms with E-state index in [2.05, 4.69) is 5.32 Å². The Morgan fingerprint density at radius 1 is 1.47 bits per heavy atom. The fourth-order valence-corrected chi connectivity index (χ4v) is 1.89. The molecule has 1 amide bonds. The molecule has 0 radical (unpaired) electrons. The van der Waals surface area contributed by atoms with Crippen molar-refractivity contribution in [3.63, 3.8) is 0 Å². The van der Waals surface area contributed by atoms with Crippen LogP contribution in [0.3, 0.4) is 0 Å². The van der Waals surface area contributed by atoms with E-state index in [9.17, 15) is 4.79 Å². The second-order valence-electron chi connectivity index (χ2n) is 3.15. The lowest BCUT2D eigenvalue weighted by molar-refractivity contribution is 0.0954. The van der Waals surface area contributed by atoms with Crippen LogP contribution in [0.25, 0.3) is 0 Å². The van der Waals surface area contributed by atoms with Gasteiger partial charge in [0.1, 0.15) is 0 Å². The molecule has 0 spiro atoms. The SMILES string of the molecule is O=C(NCCc1ccoc1)c1ccsc1. The average Bonchev–Trinajstić information content (AvgIpc) is 2.90. The van der Waals surface area contributed by atoms with Gasteiger partial charge in [0.05, 0.1) is 12.5 Å². The molecule has 1 N–H and O–H groups in total. The summed E-state index contributed by atoms with van der Waals surface area (Å²) < 4.78 is 4.93. The van der Waals surface area contributed by atoms with Crippen molar-refractivity contribution in [2.24, 2.45) is 0 Å². The summed E-state index contributed by atoms with van der Waals surface area (Å²) in [6.45, 7) is 0.633. The molecule has 0 aliphatic rings. The fourth-order valence-electron chi connectivity index (χ4n) is 1.25. The second kappa shape index (κ2) is 4.79. The topological polar surface area (TPSA) is 42.2 Å². The van der Waals surface area contributed by atoms with Gasteiger partial charge in [-0.25, -0.2) is 0 Å². The van der Waals surface area contributed by atoms with E-state index in [0.29, 0.717) is 6.54 Å². The average molecular weight is 221 g/mol. The van der Waals surface area contributed by atoms with Crippen LogP contribution in [-0.4, -0.2) is 12.5 Å². The number of hydrogen-bond donors (Lipinski definition) is 1. The summed E-state index contributed by atoms with van der Waals surface area (Å²) >= 11 is 1.52. The summed E-state index contributed by atoms with van der Waals surface area (Å²) in [6.07, 6.45) is 4.12. The molecule has 0 bridgehead atoms. The zero-order chi connectivity index (χ0) is 10.5. The highest BCUT2D eigenvalue weighted by Gasteiger charge is 2.04. The van der Waals surface area contributed by atoms with Crippen LogP contribution in [0.15, 0.2) is 39.8 Å². The second-order valence-corrected chi connectivity index (χ2v) is 3.93. The van der Waals surface area contributed by atoms with E-state index < -0.39 is 0 Å². The fraction of sp³-hybridized carbons (Fsp3) is 0.182. The van der Waals surface area contributed by atoms with E-state index in [-0.39, 0.29) is 5.91 Å². The summed E-state index contributed by atoms with van der Waals surface area (Å²) in [4.78, 5) is 11.5. The quantitative estimate of drug-likeness (QED) is 0.860. The largest absolute Gasteiger partial charge is 0.472 e. The van der Waals surface area contributed by atoms with Crippen LogP contribution in [0, 0.1) is 0 Å². The molecule has 2 aromatic rings. The molecule has 0 unspecified atom stereocenters. The first kappa shape index (κ1) is 9.98. The van der Waals surface area contributed by atoms with Crippen molar-refractivity contribution in [2.45, 2.75) is 6.42 Å². The molecule has 0 aliphatic carbocycles. The third kappa shape index (κ3) is 2.70. The minimum absolute atomic E-state index is 0.0141. The van der Waals surface area contributed by atoms with Gasteiger partial charge in [-0.3, -0.25) is 4.79 Å². The highest BCUT2D eigenvalue weighted by molar-refractivity contribution is 7.08. The Bertz CT molecular complexity index is 406. The molecule has 4 heteroatoms. The molecule has 2 aromatic heterocycles. The summed E-state index contributed by atoms with van der Waals surface area (Å²) in [6, 6.07) is 3.72. The van der Waals surface area contributed by atoms with Gasteiger partial charge in [0, 0.05) is 17.5 Å².